The van der Waals surface area contributed by atoms with Gasteiger partial charge in [-0.15, -0.1) is 0 Å². The molecule has 0 aliphatic carbocycles. The minimum absolute atomic E-state index is 0.312. The number of carbonyl (C=O) groups is 1. The normalized spacial score (nSPS) is 10.6. The Morgan fingerprint density at radius 2 is 2.15 bits per heavy atom. The van der Waals surface area contributed by atoms with Crippen molar-refractivity contribution < 1.29 is 9.18 Å². The van der Waals surface area contributed by atoms with E-state index < -0.39 is 5.82 Å². The fraction of sp³-hybridized carbons (Fsp3) is 0. The van der Waals surface area contributed by atoms with E-state index in [1.165, 1.54) is 6.07 Å². The van der Waals surface area contributed by atoms with Crippen LogP contribution in [0.1, 0.15) is 10.5 Å². The molecule has 0 saturated carbocycles. The Bertz CT molecular complexity index is 478. The smallest absolute Gasteiger partial charge is 0.166 e. The number of H-pyrrole nitrogens is 1. The zero-order valence-corrected chi connectivity index (χ0v) is 7.23. The number of benzene rings is 1. The summed E-state index contributed by atoms with van der Waals surface area (Å²) in [7, 11) is 0. The minimum Gasteiger partial charge on any atom is -0.350 e. The highest BCUT2D eigenvalue weighted by molar-refractivity contribution is 6.31. The lowest BCUT2D eigenvalue weighted by atomic mass is 10.2. The maximum absolute atomic E-state index is 13.2. The molecule has 0 spiro atoms. The lowest BCUT2D eigenvalue weighted by Gasteiger charge is -1.92. The summed E-state index contributed by atoms with van der Waals surface area (Å²) in [4.78, 5) is 13.0. The fourth-order valence-corrected chi connectivity index (χ4v) is 1.46. The van der Waals surface area contributed by atoms with E-state index in [1.54, 1.807) is 12.1 Å². The van der Waals surface area contributed by atoms with Crippen molar-refractivity contribution in [2.24, 2.45) is 0 Å². The molecule has 2 aromatic rings. The Balaban J connectivity index is 2.82. The molecule has 0 atom stereocenters. The SMILES string of the molecule is O=Cc1cc2cc(Cl)cc(F)c2[nH]1. The maximum atomic E-state index is 13.2. The molecular formula is C9H5ClFNO. The molecule has 0 bridgehead atoms. The quantitative estimate of drug-likeness (QED) is 0.701. The molecule has 0 aliphatic rings. The molecule has 2 rings (SSSR count). The van der Waals surface area contributed by atoms with Crippen LogP contribution in [0.15, 0.2) is 18.2 Å². The summed E-state index contributed by atoms with van der Waals surface area (Å²) in [6.45, 7) is 0. The average Bonchev–Trinajstić information content (AvgIpc) is 2.47. The summed E-state index contributed by atoms with van der Waals surface area (Å²) in [5.41, 5.74) is 0.655. The number of fused-ring (bicyclic) bond motifs is 1. The first kappa shape index (κ1) is 8.26. The van der Waals surface area contributed by atoms with Crippen LogP contribution >= 0.6 is 11.6 Å². The third-order valence-electron chi connectivity index (χ3n) is 1.79. The van der Waals surface area contributed by atoms with Gasteiger partial charge in [-0.25, -0.2) is 4.39 Å². The predicted octanol–water partition coefficient (Wildman–Crippen LogP) is 2.77. The standard InChI is InChI=1S/C9H5ClFNO/c10-6-1-5-2-7(4-13)12-9(5)8(11)3-6/h1-4,12H. The molecule has 0 unspecified atom stereocenters. The van der Waals surface area contributed by atoms with Crippen LogP contribution in [-0.4, -0.2) is 11.3 Å². The van der Waals surface area contributed by atoms with Crippen molar-refractivity contribution in [3.8, 4) is 0 Å². The first-order valence-corrected chi connectivity index (χ1v) is 4.01. The second kappa shape index (κ2) is 2.85. The molecular weight excluding hydrogens is 193 g/mol. The van der Waals surface area contributed by atoms with Crippen LogP contribution in [0.25, 0.3) is 10.9 Å². The van der Waals surface area contributed by atoms with Crippen molar-refractivity contribution >= 4 is 28.8 Å². The molecule has 4 heteroatoms. The van der Waals surface area contributed by atoms with Gasteiger partial charge in [0.05, 0.1) is 11.2 Å². The first-order valence-electron chi connectivity index (χ1n) is 3.63. The van der Waals surface area contributed by atoms with Gasteiger partial charge in [-0.3, -0.25) is 4.79 Å². The van der Waals surface area contributed by atoms with Crippen LogP contribution in [0.2, 0.25) is 5.02 Å². The van der Waals surface area contributed by atoms with E-state index in [-0.39, 0.29) is 0 Å². The van der Waals surface area contributed by atoms with Crippen LogP contribution in [0, 0.1) is 5.82 Å². The zero-order chi connectivity index (χ0) is 9.42. The molecule has 66 valence electrons. The van der Waals surface area contributed by atoms with Gasteiger partial charge in [-0.05, 0) is 18.2 Å². The summed E-state index contributed by atoms with van der Waals surface area (Å²) in [6.07, 6.45) is 0.632. The lowest BCUT2D eigenvalue weighted by molar-refractivity contribution is 0.112. The molecule has 0 fully saturated rings. The number of carbonyl (C=O) groups excluding carboxylic acids is 1. The number of aldehydes is 1. The monoisotopic (exact) mass is 197 g/mol. The van der Waals surface area contributed by atoms with Crippen molar-refractivity contribution in [2.45, 2.75) is 0 Å². The highest BCUT2D eigenvalue weighted by atomic mass is 35.5. The van der Waals surface area contributed by atoms with Crippen molar-refractivity contribution in [2.75, 3.05) is 0 Å². The number of hydrogen-bond donors (Lipinski definition) is 1. The molecule has 0 radical (unpaired) electrons. The van der Waals surface area contributed by atoms with Crippen molar-refractivity contribution in [3.63, 3.8) is 0 Å². The minimum atomic E-state index is -0.449. The molecule has 0 saturated heterocycles. The van der Waals surface area contributed by atoms with Gasteiger partial charge in [0.1, 0.15) is 5.82 Å². The Labute approximate surface area is 78.3 Å². The highest BCUT2D eigenvalue weighted by Crippen LogP contribution is 2.22. The summed E-state index contributed by atoms with van der Waals surface area (Å²) >= 11 is 5.63. The van der Waals surface area contributed by atoms with Crippen molar-refractivity contribution in [1.82, 2.24) is 4.98 Å². The van der Waals surface area contributed by atoms with Gasteiger partial charge in [0, 0.05) is 10.4 Å². The Hall–Kier alpha value is -1.35. The van der Waals surface area contributed by atoms with Gasteiger partial charge in [-0.1, -0.05) is 11.6 Å². The first-order chi connectivity index (χ1) is 6.20. The molecule has 1 aromatic heterocycles. The van der Waals surface area contributed by atoms with E-state index in [2.05, 4.69) is 4.98 Å². The third kappa shape index (κ3) is 1.31. The molecule has 0 amide bonds. The van der Waals surface area contributed by atoms with Gasteiger partial charge >= 0.3 is 0 Å². The van der Waals surface area contributed by atoms with E-state index in [9.17, 15) is 9.18 Å². The van der Waals surface area contributed by atoms with Crippen LogP contribution in [0.4, 0.5) is 4.39 Å². The van der Waals surface area contributed by atoms with Crippen molar-refractivity contribution in [3.05, 3.63) is 34.7 Å². The number of halogens is 2. The van der Waals surface area contributed by atoms with Crippen LogP contribution < -0.4 is 0 Å². The van der Waals surface area contributed by atoms with Gasteiger partial charge in [0.15, 0.2) is 6.29 Å². The van der Waals surface area contributed by atoms with E-state index in [0.29, 0.717) is 27.9 Å². The number of rotatable bonds is 1. The topological polar surface area (TPSA) is 32.9 Å². The van der Waals surface area contributed by atoms with Gasteiger partial charge in [0.2, 0.25) is 0 Å². The van der Waals surface area contributed by atoms with E-state index in [4.69, 9.17) is 11.6 Å². The van der Waals surface area contributed by atoms with Crippen LogP contribution in [0.3, 0.4) is 0 Å². The molecule has 0 aliphatic heterocycles. The Kier molecular flexibility index (Phi) is 1.81. The number of nitrogens with one attached hydrogen (secondary N) is 1. The van der Waals surface area contributed by atoms with E-state index in [0.717, 1.165) is 0 Å². The number of aromatic amines is 1. The molecule has 1 aromatic carbocycles. The molecule has 13 heavy (non-hydrogen) atoms. The largest absolute Gasteiger partial charge is 0.350 e. The summed E-state index contributed by atoms with van der Waals surface area (Å²) in [6, 6.07) is 4.36. The number of aromatic nitrogens is 1. The van der Waals surface area contributed by atoms with E-state index in [1.807, 2.05) is 0 Å². The highest BCUT2D eigenvalue weighted by Gasteiger charge is 2.06. The lowest BCUT2D eigenvalue weighted by Crippen LogP contribution is -1.79. The van der Waals surface area contributed by atoms with Crippen molar-refractivity contribution in [1.29, 1.82) is 0 Å². The zero-order valence-electron chi connectivity index (χ0n) is 6.47. The molecule has 1 heterocycles. The summed E-state index contributed by atoms with van der Waals surface area (Å²) in [5.74, 6) is -0.449. The Morgan fingerprint density at radius 1 is 1.38 bits per heavy atom. The summed E-state index contributed by atoms with van der Waals surface area (Å²) in [5, 5.41) is 0.925. The van der Waals surface area contributed by atoms with Gasteiger partial charge < -0.3 is 4.98 Å². The molecule has 2 nitrogen and oxygen atoms in total. The van der Waals surface area contributed by atoms with Gasteiger partial charge in [-0.2, -0.15) is 0 Å². The fourth-order valence-electron chi connectivity index (χ4n) is 1.25. The second-order valence-corrected chi connectivity index (χ2v) is 3.13. The van der Waals surface area contributed by atoms with E-state index >= 15 is 0 Å². The third-order valence-corrected chi connectivity index (χ3v) is 2.01. The predicted molar refractivity (Wildman–Crippen MR) is 48.7 cm³/mol. The van der Waals surface area contributed by atoms with Crippen LogP contribution in [0.5, 0.6) is 0 Å². The second-order valence-electron chi connectivity index (χ2n) is 2.69. The summed E-state index contributed by atoms with van der Waals surface area (Å²) < 4.78 is 13.2. The Morgan fingerprint density at radius 3 is 2.85 bits per heavy atom. The maximum Gasteiger partial charge on any atom is 0.166 e. The molecule has 1 N–H and O–H groups in total. The van der Waals surface area contributed by atoms with Crippen LogP contribution in [-0.2, 0) is 0 Å². The average molecular weight is 198 g/mol. The van der Waals surface area contributed by atoms with Gasteiger partial charge in [0.25, 0.3) is 0 Å². The number of hydrogen-bond acceptors (Lipinski definition) is 1.